The number of nitrogen functional groups attached to an aromatic ring is 1. The fourth-order valence-electron chi connectivity index (χ4n) is 1.61. The molecule has 1 aromatic heterocycles. The number of nitrogens with one attached hydrogen (secondary N) is 1. The number of rotatable bonds is 6. The number of ether oxygens (including phenoxy) is 1. The molecular formula is C13H15ClN4O. The Morgan fingerprint density at radius 1 is 1.26 bits per heavy atom. The minimum Gasteiger partial charge on any atom is -0.476 e. The number of nitrogens with two attached hydrogens (primary N) is 1. The van der Waals surface area contributed by atoms with Crippen molar-refractivity contribution in [1.29, 1.82) is 0 Å². The first kappa shape index (κ1) is 13.6. The van der Waals surface area contributed by atoms with E-state index in [1.807, 2.05) is 18.2 Å². The van der Waals surface area contributed by atoms with Gasteiger partial charge in [0.05, 0.1) is 12.8 Å². The van der Waals surface area contributed by atoms with Gasteiger partial charge in [-0.3, -0.25) is 5.43 Å². The Balaban J connectivity index is 1.82. The lowest BCUT2D eigenvalue weighted by atomic mass is 10.1. The lowest BCUT2D eigenvalue weighted by Crippen LogP contribution is -2.11. The van der Waals surface area contributed by atoms with Gasteiger partial charge in [0.2, 0.25) is 11.8 Å². The molecule has 3 N–H and O–H groups in total. The average molecular weight is 279 g/mol. The van der Waals surface area contributed by atoms with Crippen molar-refractivity contribution in [2.24, 2.45) is 5.84 Å². The largest absolute Gasteiger partial charge is 0.476 e. The molecule has 0 aliphatic carbocycles. The Kier molecular flexibility index (Phi) is 4.94. The molecule has 2 rings (SSSR count). The van der Waals surface area contributed by atoms with Crippen LogP contribution >= 0.6 is 11.6 Å². The highest BCUT2D eigenvalue weighted by atomic mass is 35.5. The van der Waals surface area contributed by atoms with Crippen molar-refractivity contribution in [3.63, 3.8) is 0 Å². The van der Waals surface area contributed by atoms with Crippen LogP contribution in [0.25, 0.3) is 0 Å². The molecule has 0 radical (unpaired) electrons. The van der Waals surface area contributed by atoms with Crippen molar-refractivity contribution >= 4 is 17.5 Å². The quantitative estimate of drug-likeness (QED) is 0.482. The molecule has 0 bridgehead atoms. The van der Waals surface area contributed by atoms with Crippen molar-refractivity contribution in [2.45, 2.75) is 12.8 Å². The Bertz CT molecular complexity index is 521. The summed E-state index contributed by atoms with van der Waals surface area (Å²) in [5.41, 5.74) is 3.63. The summed E-state index contributed by atoms with van der Waals surface area (Å²) in [5.74, 6) is 5.85. The van der Waals surface area contributed by atoms with Gasteiger partial charge < -0.3 is 4.74 Å². The smallest absolute Gasteiger partial charge is 0.240 e. The zero-order valence-corrected chi connectivity index (χ0v) is 11.1. The third-order valence-electron chi connectivity index (χ3n) is 2.53. The number of aromatic nitrogens is 2. The molecule has 19 heavy (non-hydrogen) atoms. The molecule has 0 aliphatic rings. The summed E-state index contributed by atoms with van der Waals surface area (Å²) in [6, 6.07) is 10.2. The van der Waals surface area contributed by atoms with E-state index in [1.54, 1.807) is 0 Å². The van der Waals surface area contributed by atoms with E-state index in [-0.39, 0.29) is 5.95 Å². The second-order valence-electron chi connectivity index (χ2n) is 3.93. The van der Waals surface area contributed by atoms with Gasteiger partial charge in [-0.1, -0.05) is 41.9 Å². The number of hydrogen-bond donors (Lipinski definition) is 2. The summed E-state index contributed by atoms with van der Waals surface area (Å²) in [6.45, 7) is 0.537. The van der Waals surface area contributed by atoms with E-state index >= 15 is 0 Å². The highest BCUT2D eigenvalue weighted by molar-refractivity contribution is 6.31. The Labute approximate surface area is 116 Å². The molecule has 0 saturated heterocycles. The predicted octanol–water partition coefficient (Wildman–Crippen LogP) is 2.43. The van der Waals surface area contributed by atoms with E-state index in [0.29, 0.717) is 17.5 Å². The van der Waals surface area contributed by atoms with Crippen molar-refractivity contribution in [3.05, 3.63) is 47.1 Å². The third-order valence-corrected chi connectivity index (χ3v) is 2.79. The van der Waals surface area contributed by atoms with Gasteiger partial charge >= 0.3 is 0 Å². The number of hydrazine groups is 1. The summed E-state index contributed by atoms with van der Waals surface area (Å²) >= 11 is 5.93. The monoisotopic (exact) mass is 278 g/mol. The number of aryl methyl sites for hydroxylation is 1. The second-order valence-corrected chi connectivity index (χ2v) is 4.34. The van der Waals surface area contributed by atoms with Gasteiger partial charge in [-0.15, -0.1) is 0 Å². The summed E-state index contributed by atoms with van der Waals surface area (Å²) in [5, 5.41) is 0.374. The first-order chi connectivity index (χ1) is 9.29. The number of nitrogens with zero attached hydrogens (tertiary/aromatic N) is 2. The fraction of sp³-hybridized carbons (Fsp3) is 0.231. The molecule has 0 aliphatic heterocycles. The minimum atomic E-state index is 0.280. The molecule has 6 heteroatoms. The molecule has 0 spiro atoms. The summed E-state index contributed by atoms with van der Waals surface area (Å²) in [7, 11) is 0. The van der Waals surface area contributed by atoms with Crippen LogP contribution in [0.1, 0.15) is 12.0 Å². The van der Waals surface area contributed by atoms with Gasteiger partial charge in [-0.2, -0.15) is 4.98 Å². The number of benzene rings is 1. The zero-order chi connectivity index (χ0) is 13.5. The lowest BCUT2D eigenvalue weighted by Gasteiger charge is -2.08. The lowest BCUT2D eigenvalue weighted by molar-refractivity contribution is 0.299. The van der Waals surface area contributed by atoms with Gasteiger partial charge in [0.1, 0.15) is 5.02 Å². The highest BCUT2D eigenvalue weighted by Gasteiger charge is 2.05. The van der Waals surface area contributed by atoms with E-state index in [0.717, 1.165) is 12.8 Å². The molecule has 100 valence electrons. The van der Waals surface area contributed by atoms with Crippen LogP contribution < -0.4 is 16.0 Å². The molecule has 2 aromatic rings. The van der Waals surface area contributed by atoms with Gasteiger partial charge in [0, 0.05) is 0 Å². The SMILES string of the molecule is NNc1ncc(Cl)c(OCCCc2ccccc2)n1. The van der Waals surface area contributed by atoms with Crippen LogP contribution in [-0.4, -0.2) is 16.6 Å². The zero-order valence-electron chi connectivity index (χ0n) is 10.3. The maximum Gasteiger partial charge on any atom is 0.240 e. The van der Waals surface area contributed by atoms with Gasteiger partial charge in [-0.05, 0) is 18.4 Å². The van der Waals surface area contributed by atoms with E-state index in [1.165, 1.54) is 11.8 Å². The highest BCUT2D eigenvalue weighted by Crippen LogP contribution is 2.21. The van der Waals surface area contributed by atoms with E-state index in [4.69, 9.17) is 22.2 Å². The Hall–Kier alpha value is -1.85. The number of halogens is 1. The number of anilines is 1. The normalized spacial score (nSPS) is 10.2. The van der Waals surface area contributed by atoms with Crippen molar-refractivity contribution in [2.75, 3.05) is 12.0 Å². The molecule has 0 amide bonds. The van der Waals surface area contributed by atoms with Gasteiger partial charge in [0.15, 0.2) is 0 Å². The summed E-state index contributed by atoms with van der Waals surface area (Å²) in [4.78, 5) is 7.91. The van der Waals surface area contributed by atoms with E-state index < -0.39 is 0 Å². The van der Waals surface area contributed by atoms with Crippen LogP contribution in [0.5, 0.6) is 5.88 Å². The topological polar surface area (TPSA) is 73.1 Å². The molecule has 0 fully saturated rings. The molecule has 0 unspecified atom stereocenters. The van der Waals surface area contributed by atoms with E-state index in [2.05, 4.69) is 27.5 Å². The van der Waals surface area contributed by atoms with Gasteiger partial charge in [0.25, 0.3) is 0 Å². The summed E-state index contributed by atoms with van der Waals surface area (Å²) in [6.07, 6.45) is 3.29. The fourth-order valence-corrected chi connectivity index (χ4v) is 1.76. The first-order valence-electron chi connectivity index (χ1n) is 5.95. The Morgan fingerprint density at radius 2 is 2.05 bits per heavy atom. The maximum atomic E-state index is 5.93. The van der Waals surface area contributed by atoms with Crippen molar-refractivity contribution < 1.29 is 4.74 Å². The van der Waals surface area contributed by atoms with Crippen molar-refractivity contribution in [3.8, 4) is 5.88 Å². The van der Waals surface area contributed by atoms with Crippen LogP contribution in [0.4, 0.5) is 5.95 Å². The maximum absolute atomic E-state index is 5.93. The van der Waals surface area contributed by atoms with Crippen LogP contribution in [0.15, 0.2) is 36.5 Å². The molecule has 1 aromatic carbocycles. The van der Waals surface area contributed by atoms with Crippen LogP contribution in [0, 0.1) is 0 Å². The minimum absolute atomic E-state index is 0.280. The first-order valence-corrected chi connectivity index (χ1v) is 6.33. The predicted molar refractivity (Wildman–Crippen MR) is 75.1 cm³/mol. The van der Waals surface area contributed by atoms with Crippen molar-refractivity contribution in [1.82, 2.24) is 9.97 Å². The molecule has 0 atom stereocenters. The molecule has 0 saturated carbocycles. The average Bonchev–Trinajstić information content (AvgIpc) is 2.46. The standard InChI is InChI=1S/C13H15ClN4O/c14-11-9-16-13(18-15)17-12(11)19-8-4-7-10-5-2-1-3-6-10/h1-3,5-6,9H,4,7-8,15H2,(H,16,17,18). The molecule has 5 nitrogen and oxygen atoms in total. The second kappa shape index (κ2) is 6.92. The van der Waals surface area contributed by atoms with E-state index in [9.17, 15) is 0 Å². The number of hydrogen-bond acceptors (Lipinski definition) is 5. The van der Waals surface area contributed by atoms with Crippen LogP contribution in [-0.2, 0) is 6.42 Å². The molecular weight excluding hydrogens is 264 g/mol. The Morgan fingerprint density at radius 3 is 2.79 bits per heavy atom. The van der Waals surface area contributed by atoms with Crippen LogP contribution in [0.2, 0.25) is 5.02 Å². The van der Waals surface area contributed by atoms with Crippen LogP contribution in [0.3, 0.4) is 0 Å². The third kappa shape index (κ3) is 4.08. The molecule has 1 heterocycles. The summed E-state index contributed by atoms with van der Waals surface area (Å²) < 4.78 is 5.52. The van der Waals surface area contributed by atoms with Gasteiger partial charge in [-0.25, -0.2) is 10.8 Å².